The molecule has 2 aliphatic rings. The molecule has 6 nitrogen and oxygen atoms in total. The summed E-state index contributed by atoms with van der Waals surface area (Å²) in [6, 6.07) is 25.2. The van der Waals surface area contributed by atoms with Gasteiger partial charge in [0.2, 0.25) is 10.0 Å². The number of hydrogen-bond donors (Lipinski definition) is 1. The van der Waals surface area contributed by atoms with E-state index in [2.05, 4.69) is 64.8 Å². The first-order valence-electron chi connectivity index (χ1n) is 13.1. The number of piperidine rings is 1. The van der Waals surface area contributed by atoms with Gasteiger partial charge < -0.3 is 10.2 Å². The van der Waals surface area contributed by atoms with Gasteiger partial charge in [0, 0.05) is 44.0 Å². The van der Waals surface area contributed by atoms with E-state index in [0.717, 1.165) is 38.8 Å². The Balaban J connectivity index is 1.24. The molecular weight excluding hydrogens is 482 g/mol. The number of amides is 1. The van der Waals surface area contributed by atoms with Crippen LogP contribution < -0.4 is 10.2 Å². The number of nitrogens with one attached hydrogen (secondary N) is 1. The van der Waals surface area contributed by atoms with Crippen molar-refractivity contribution in [1.29, 1.82) is 0 Å². The van der Waals surface area contributed by atoms with Crippen LogP contribution in [0.3, 0.4) is 0 Å². The summed E-state index contributed by atoms with van der Waals surface area (Å²) in [6.07, 6.45) is 4.84. The maximum Gasteiger partial charge on any atom is 0.251 e. The molecule has 3 aromatic carbocycles. The second-order valence-corrected chi connectivity index (χ2v) is 12.2. The van der Waals surface area contributed by atoms with E-state index in [1.165, 1.54) is 38.5 Å². The maximum absolute atomic E-state index is 12.9. The second-order valence-electron chi connectivity index (χ2n) is 10.2. The van der Waals surface area contributed by atoms with Crippen LogP contribution in [-0.2, 0) is 23.0 Å². The first-order chi connectivity index (χ1) is 17.9. The SMILES string of the molecule is CS(=O)(=O)N1CCC(CNC(=O)c2ccc3c(c2)CCCN3Cc2ccccc2-c2ccccc2)CC1. The van der Waals surface area contributed by atoms with Crippen molar-refractivity contribution in [3.05, 3.63) is 89.5 Å². The normalized spacial score (nSPS) is 16.8. The minimum absolute atomic E-state index is 0.0557. The molecule has 37 heavy (non-hydrogen) atoms. The van der Waals surface area contributed by atoms with Crippen LogP contribution >= 0.6 is 0 Å². The van der Waals surface area contributed by atoms with Crippen molar-refractivity contribution >= 4 is 21.6 Å². The lowest BCUT2D eigenvalue weighted by Crippen LogP contribution is -2.41. The molecule has 0 radical (unpaired) electrons. The van der Waals surface area contributed by atoms with Gasteiger partial charge in [-0.05, 0) is 72.1 Å². The quantitative estimate of drug-likeness (QED) is 0.493. The summed E-state index contributed by atoms with van der Waals surface area (Å²) >= 11 is 0. The second kappa shape index (κ2) is 11.1. The van der Waals surface area contributed by atoms with E-state index in [1.807, 2.05) is 18.2 Å². The summed E-state index contributed by atoms with van der Waals surface area (Å²) in [6.45, 7) is 3.46. The predicted octanol–water partition coefficient (Wildman–Crippen LogP) is 4.71. The van der Waals surface area contributed by atoms with E-state index in [0.29, 0.717) is 31.1 Å². The molecule has 2 heterocycles. The Morgan fingerprint density at radius 2 is 1.68 bits per heavy atom. The fourth-order valence-corrected chi connectivity index (χ4v) is 6.40. The summed E-state index contributed by atoms with van der Waals surface area (Å²) in [4.78, 5) is 15.4. The highest BCUT2D eigenvalue weighted by Gasteiger charge is 2.25. The highest BCUT2D eigenvalue weighted by atomic mass is 32.2. The van der Waals surface area contributed by atoms with Crippen LogP contribution in [0.15, 0.2) is 72.8 Å². The lowest BCUT2D eigenvalue weighted by Gasteiger charge is -2.32. The van der Waals surface area contributed by atoms with Crippen molar-refractivity contribution in [3.63, 3.8) is 0 Å². The Morgan fingerprint density at radius 1 is 0.946 bits per heavy atom. The zero-order valence-corrected chi connectivity index (χ0v) is 22.2. The first kappa shape index (κ1) is 25.5. The Labute approximate surface area is 220 Å². The number of hydrogen-bond acceptors (Lipinski definition) is 4. The van der Waals surface area contributed by atoms with Gasteiger partial charge in [-0.1, -0.05) is 54.6 Å². The summed E-state index contributed by atoms with van der Waals surface area (Å²) in [5.74, 6) is 0.250. The number of nitrogens with zero attached hydrogens (tertiary/aromatic N) is 2. The summed E-state index contributed by atoms with van der Waals surface area (Å²) < 4.78 is 25.0. The van der Waals surface area contributed by atoms with E-state index < -0.39 is 10.0 Å². The average molecular weight is 518 g/mol. The number of benzene rings is 3. The summed E-state index contributed by atoms with van der Waals surface area (Å²) in [5, 5.41) is 3.09. The average Bonchev–Trinajstić information content (AvgIpc) is 2.92. The minimum atomic E-state index is -3.13. The minimum Gasteiger partial charge on any atom is -0.367 e. The Hall–Kier alpha value is -3.16. The molecule has 7 heteroatoms. The third kappa shape index (κ3) is 6.05. The molecular formula is C30H35N3O3S. The number of sulfonamides is 1. The largest absolute Gasteiger partial charge is 0.367 e. The van der Waals surface area contributed by atoms with Gasteiger partial charge in [0.25, 0.3) is 5.91 Å². The molecule has 1 N–H and O–H groups in total. The van der Waals surface area contributed by atoms with Gasteiger partial charge in [0.15, 0.2) is 0 Å². The van der Waals surface area contributed by atoms with Gasteiger partial charge in [-0.3, -0.25) is 4.79 Å². The highest BCUT2D eigenvalue weighted by Crippen LogP contribution is 2.32. The molecule has 0 saturated carbocycles. The van der Waals surface area contributed by atoms with E-state index in [-0.39, 0.29) is 5.91 Å². The standard InChI is InChI=1S/C30H35N3O3S/c1-37(35,36)33-18-15-23(16-19-33)21-31-30(34)26-13-14-29-25(20-26)11-7-17-32(29)22-27-10-5-6-12-28(27)24-8-3-2-4-9-24/h2-6,8-10,12-14,20,23H,7,11,15-19,21-22H2,1H3,(H,31,34). The molecule has 0 spiro atoms. The lowest BCUT2D eigenvalue weighted by atomic mass is 9.95. The zero-order chi connectivity index (χ0) is 25.8. The van der Waals surface area contributed by atoms with Crippen LogP contribution in [0.4, 0.5) is 5.69 Å². The van der Waals surface area contributed by atoms with Crippen LogP contribution in [0.25, 0.3) is 11.1 Å². The molecule has 0 unspecified atom stereocenters. The summed E-state index contributed by atoms with van der Waals surface area (Å²) in [5.41, 5.74) is 6.90. The van der Waals surface area contributed by atoms with Gasteiger partial charge in [-0.2, -0.15) is 0 Å². The van der Waals surface area contributed by atoms with Crippen LogP contribution in [0, 0.1) is 5.92 Å². The van der Waals surface area contributed by atoms with Crippen molar-refractivity contribution in [2.75, 3.05) is 37.3 Å². The third-order valence-corrected chi connectivity index (χ3v) is 8.92. The molecule has 5 rings (SSSR count). The highest BCUT2D eigenvalue weighted by molar-refractivity contribution is 7.88. The van der Waals surface area contributed by atoms with Crippen molar-refractivity contribution in [2.45, 2.75) is 32.2 Å². The molecule has 1 amide bonds. The number of aryl methyl sites for hydroxylation is 1. The van der Waals surface area contributed by atoms with Crippen LogP contribution in [-0.4, -0.2) is 51.1 Å². The first-order valence-corrected chi connectivity index (χ1v) is 15.0. The fourth-order valence-electron chi connectivity index (χ4n) is 5.53. The topological polar surface area (TPSA) is 69.7 Å². The molecule has 0 atom stereocenters. The van der Waals surface area contributed by atoms with E-state index in [1.54, 1.807) is 0 Å². The number of carbonyl (C=O) groups is 1. The van der Waals surface area contributed by atoms with Gasteiger partial charge in [-0.25, -0.2) is 12.7 Å². The van der Waals surface area contributed by atoms with E-state index in [9.17, 15) is 13.2 Å². The monoisotopic (exact) mass is 517 g/mol. The van der Waals surface area contributed by atoms with Crippen molar-refractivity contribution in [2.24, 2.45) is 5.92 Å². The maximum atomic E-state index is 12.9. The Morgan fingerprint density at radius 3 is 2.43 bits per heavy atom. The number of fused-ring (bicyclic) bond motifs is 1. The molecule has 0 bridgehead atoms. The van der Waals surface area contributed by atoms with Gasteiger partial charge in [-0.15, -0.1) is 0 Å². The van der Waals surface area contributed by atoms with Crippen molar-refractivity contribution in [3.8, 4) is 11.1 Å². The van der Waals surface area contributed by atoms with E-state index >= 15 is 0 Å². The molecule has 0 aromatic heterocycles. The zero-order valence-electron chi connectivity index (χ0n) is 21.4. The van der Waals surface area contributed by atoms with E-state index in [4.69, 9.17) is 0 Å². The number of carbonyl (C=O) groups excluding carboxylic acids is 1. The van der Waals surface area contributed by atoms with Crippen LogP contribution in [0.2, 0.25) is 0 Å². The predicted molar refractivity (Wildman–Crippen MR) is 149 cm³/mol. The Bertz CT molecular complexity index is 1350. The number of anilines is 1. The van der Waals surface area contributed by atoms with Gasteiger partial charge in [0.1, 0.15) is 0 Å². The molecule has 0 aliphatic carbocycles. The van der Waals surface area contributed by atoms with Gasteiger partial charge >= 0.3 is 0 Å². The fraction of sp³-hybridized carbons (Fsp3) is 0.367. The van der Waals surface area contributed by atoms with Crippen molar-refractivity contribution < 1.29 is 13.2 Å². The van der Waals surface area contributed by atoms with Gasteiger partial charge in [0.05, 0.1) is 6.26 Å². The molecule has 194 valence electrons. The molecule has 2 aliphatic heterocycles. The van der Waals surface area contributed by atoms with Crippen LogP contribution in [0.5, 0.6) is 0 Å². The molecule has 1 saturated heterocycles. The van der Waals surface area contributed by atoms with Crippen LogP contribution in [0.1, 0.15) is 40.7 Å². The molecule has 3 aromatic rings. The smallest absolute Gasteiger partial charge is 0.251 e. The van der Waals surface area contributed by atoms with Crippen molar-refractivity contribution in [1.82, 2.24) is 9.62 Å². The third-order valence-electron chi connectivity index (χ3n) is 7.61. The number of rotatable bonds is 7. The lowest BCUT2D eigenvalue weighted by molar-refractivity contribution is 0.0941. The Kier molecular flexibility index (Phi) is 7.63. The molecule has 1 fully saturated rings. The summed E-state index contributed by atoms with van der Waals surface area (Å²) in [7, 11) is -3.13.